The van der Waals surface area contributed by atoms with Gasteiger partial charge in [0.2, 0.25) is 0 Å². The van der Waals surface area contributed by atoms with Gasteiger partial charge in [-0.25, -0.2) is 0 Å². The van der Waals surface area contributed by atoms with Crippen LogP contribution in [0.3, 0.4) is 0 Å². The number of ether oxygens (including phenoxy) is 1. The highest BCUT2D eigenvalue weighted by molar-refractivity contribution is 9.10. The van der Waals surface area contributed by atoms with Crippen LogP contribution < -0.4 is 0 Å². The quantitative estimate of drug-likeness (QED) is 0.0946. The van der Waals surface area contributed by atoms with Crippen molar-refractivity contribution in [3.63, 3.8) is 0 Å². The van der Waals surface area contributed by atoms with Gasteiger partial charge >= 0.3 is 5.97 Å². The highest BCUT2D eigenvalue weighted by atomic mass is 79.9. The molecule has 0 N–H and O–H groups in total. The lowest BCUT2D eigenvalue weighted by Gasteiger charge is -2.35. The normalized spacial score (nSPS) is 23.9. The zero-order valence-electron chi connectivity index (χ0n) is 19.7. The average molecular weight is 663 g/mol. The van der Waals surface area contributed by atoms with Gasteiger partial charge in [0, 0.05) is 38.4 Å². The van der Waals surface area contributed by atoms with Crippen LogP contribution in [0.1, 0.15) is 35.2 Å². The number of benzene rings is 2. The standard InChI is InChI=1S/C27H21Br2NO5S2/c1-2-35-26(34)27(14-30)19(15-3-7-17(28)8-4-15)13-20(31)21(25-36-11-12-37-25)24(33)22(27)23(32)16-5-9-18(29)10-6-16/h3-10,19,22H,2,11-13H2,1H3/t19-,22+,27-/m1/s1. The Labute approximate surface area is 239 Å². The predicted octanol–water partition coefficient (Wildman–Crippen LogP) is 6.10. The number of hydrogen-bond acceptors (Lipinski definition) is 8. The van der Waals surface area contributed by atoms with Crippen LogP contribution >= 0.6 is 55.4 Å². The summed E-state index contributed by atoms with van der Waals surface area (Å²) in [5.41, 5.74) is -1.70. The molecular formula is C27H21Br2NO5S2. The molecule has 0 unspecified atom stereocenters. The molecule has 1 saturated heterocycles. The molecule has 2 aromatic carbocycles. The summed E-state index contributed by atoms with van der Waals surface area (Å²) in [6.45, 7) is 1.53. The third kappa shape index (κ3) is 5.24. The number of nitrogens with zero attached hydrogens (tertiary/aromatic N) is 1. The topological polar surface area (TPSA) is 101 Å². The summed E-state index contributed by atoms with van der Waals surface area (Å²) in [5.74, 6) is -4.38. The molecular weight excluding hydrogens is 642 g/mol. The Bertz CT molecular complexity index is 1330. The number of halogens is 2. The Morgan fingerprint density at radius 1 is 1.03 bits per heavy atom. The number of rotatable bonds is 5. The van der Waals surface area contributed by atoms with E-state index in [2.05, 4.69) is 37.9 Å². The van der Waals surface area contributed by atoms with E-state index in [1.165, 1.54) is 35.7 Å². The maximum Gasteiger partial charge on any atom is 0.328 e. The Morgan fingerprint density at radius 2 is 1.59 bits per heavy atom. The molecule has 2 aromatic rings. The molecule has 10 heteroatoms. The Balaban J connectivity index is 2.04. The maximum absolute atomic E-state index is 14.2. The van der Waals surface area contributed by atoms with Crippen molar-refractivity contribution in [2.75, 3.05) is 18.1 Å². The number of thioether (sulfide) groups is 2. The van der Waals surface area contributed by atoms with Crippen LogP contribution in [-0.4, -0.2) is 41.4 Å². The zero-order valence-corrected chi connectivity index (χ0v) is 24.5. The van der Waals surface area contributed by atoms with Gasteiger partial charge in [-0.05, 0) is 36.8 Å². The minimum atomic E-state index is -2.25. The summed E-state index contributed by atoms with van der Waals surface area (Å²) in [6, 6.07) is 15.2. The summed E-state index contributed by atoms with van der Waals surface area (Å²) < 4.78 is 7.38. The van der Waals surface area contributed by atoms with Crippen molar-refractivity contribution in [1.29, 1.82) is 5.26 Å². The highest BCUT2D eigenvalue weighted by Gasteiger charge is 2.63. The van der Waals surface area contributed by atoms with Gasteiger partial charge in [-0.15, -0.1) is 23.5 Å². The lowest BCUT2D eigenvalue weighted by atomic mass is 9.62. The number of hydrogen-bond donors (Lipinski definition) is 0. The summed E-state index contributed by atoms with van der Waals surface area (Å²) in [4.78, 5) is 55.8. The molecule has 1 heterocycles. The molecule has 37 heavy (non-hydrogen) atoms. The summed E-state index contributed by atoms with van der Waals surface area (Å²) in [7, 11) is 0. The molecule has 190 valence electrons. The number of allylic oxidation sites excluding steroid dienone is 1. The summed E-state index contributed by atoms with van der Waals surface area (Å²) >= 11 is 9.48. The molecule has 0 radical (unpaired) electrons. The van der Waals surface area contributed by atoms with Crippen LogP contribution in [0.15, 0.2) is 67.3 Å². The van der Waals surface area contributed by atoms with E-state index in [-0.39, 0.29) is 24.2 Å². The van der Waals surface area contributed by atoms with Gasteiger partial charge in [0.05, 0.1) is 22.5 Å². The fourth-order valence-corrected chi connectivity index (χ4v) is 7.81. The van der Waals surface area contributed by atoms with Crippen LogP contribution in [0.2, 0.25) is 0 Å². The van der Waals surface area contributed by atoms with E-state index >= 15 is 0 Å². The molecule has 6 nitrogen and oxygen atoms in total. The molecule has 1 saturated carbocycles. The smallest absolute Gasteiger partial charge is 0.328 e. The third-order valence-electron chi connectivity index (χ3n) is 6.40. The lowest BCUT2D eigenvalue weighted by molar-refractivity contribution is -0.157. The first-order valence-electron chi connectivity index (χ1n) is 11.5. The fraction of sp³-hybridized carbons (Fsp3) is 0.296. The summed E-state index contributed by atoms with van der Waals surface area (Å²) in [5, 5.41) is 10.7. The first-order valence-corrected chi connectivity index (χ1v) is 15.0. The predicted molar refractivity (Wildman–Crippen MR) is 150 cm³/mol. The number of Topliss-reactive ketones (excluding diaryl/α,β-unsaturated/α-hetero) is 3. The second-order valence-electron chi connectivity index (χ2n) is 8.46. The van der Waals surface area contributed by atoms with E-state index in [9.17, 15) is 24.4 Å². The zero-order chi connectivity index (χ0) is 26.7. The van der Waals surface area contributed by atoms with E-state index < -0.39 is 40.6 Å². The molecule has 0 spiro atoms. The number of carbonyl (C=O) groups excluding carboxylic acids is 4. The first kappa shape index (κ1) is 27.8. The second-order valence-corrected chi connectivity index (χ2v) is 12.8. The molecule has 4 rings (SSSR count). The van der Waals surface area contributed by atoms with Crippen molar-refractivity contribution in [2.45, 2.75) is 19.3 Å². The Morgan fingerprint density at radius 3 is 2.14 bits per heavy atom. The van der Waals surface area contributed by atoms with Crippen LogP contribution in [-0.2, 0) is 19.1 Å². The number of ketones is 3. The van der Waals surface area contributed by atoms with Crippen molar-refractivity contribution in [3.8, 4) is 6.07 Å². The maximum atomic E-state index is 14.2. The van der Waals surface area contributed by atoms with Gasteiger partial charge in [-0.2, -0.15) is 5.26 Å². The minimum Gasteiger partial charge on any atom is -0.465 e. The molecule has 0 aromatic heterocycles. The molecule has 0 amide bonds. The van der Waals surface area contributed by atoms with E-state index in [1.807, 2.05) is 0 Å². The number of carbonyl (C=O) groups is 4. The molecule has 3 atom stereocenters. The van der Waals surface area contributed by atoms with Crippen molar-refractivity contribution in [2.24, 2.45) is 11.3 Å². The highest BCUT2D eigenvalue weighted by Crippen LogP contribution is 2.52. The van der Waals surface area contributed by atoms with Crippen LogP contribution in [0.25, 0.3) is 0 Å². The summed E-state index contributed by atoms with van der Waals surface area (Å²) in [6.07, 6.45) is -0.288. The van der Waals surface area contributed by atoms with E-state index in [4.69, 9.17) is 4.74 Å². The minimum absolute atomic E-state index is 0.0592. The van der Waals surface area contributed by atoms with Crippen LogP contribution in [0.5, 0.6) is 0 Å². The number of esters is 1. The SMILES string of the molecule is CCOC(=O)[C@@]1(C#N)[C@@H](C(=O)c2ccc(Br)cc2)C(=O)C(=C2SCCS2)C(=O)C[C@@H]1c1ccc(Br)cc1. The second kappa shape index (κ2) is 11.7. The largest absolute Gasteiger partial charge is 0.465 e. The Kier molecular flexibility index (Phi) is 8.79. The van der Waals surface area contributed by atoms with Gasteiger partial charge in [0.1, 0.15) is 5.92 Å². The fourth-order valence-electron chi connectivity index (χ4n) is 4.69. The van der Waals surface area contributed by atoms with Crippen molar-refractivity contribution >= 4 is 78.7 Å². The van der Waals surface area contributed by atoms with E-state index in [0.717, 1.165) is 8.95 Å². The Hall–Kier alpha value is -2.19. The third-order valence-corrected chi connectivity index (χ3v) is 10.2. The molecule has 2 aliphatic rings. The molecule has 0 bridgehead atoms. The van der Waals surface area contributed by atoms with Crippen LogP contribution in [0.4, 0.5) is 0 Å². The van der Waals surface area contributed by atoms with Crippen LogP contribution in [0, 0.1) is 22.7 Å². The molecule has 1 aliphatic heterocycles. The average Bonchev–Trinajstić information content (AvgIpc) is 3.38. The van der Waals surface area contributed by atoms with Crippen molar-refractivity contribution in [3.05, 3.63) is 78.4 Å². The molecule has 1 aliphatic carbocycles. The monoisotopic (exact) mass is 661 g/mol. The van der Waals surface area contributed by atoms with Gasteiger partial charge in [-0.3, -0.25) is 19.2 Å². The van der Waals surface area contributed by atoms with E-state index in [0.29, 0.717) is 21.3 Å². The van der Waals surface area contributed by atoms with Gasteiger partial charge in [0.25, 0.3) is 0 Å². The molecule has 2 fully saturated rings. The van der Waals surface area contributed by atoms with Crippen molar-refractivity contribution in [1.82, 2.24) is 0 Å². The van der Waals surface area contributed by atoms with Gasteiger partial charge in [0.15, 0.2) is 22.8 Å². The van der Waals surface area contributed by atoms with E-state index in [1.54, 1.807) is 43.3 Å². The first-order chi connectivity index (χ1) is 17.7. The van der Waals surface area contributed by atoms with Crippen molar-refractivity contribution < 1.29 is 23.9 Å². The number of nitriles is 1. The van der Waals surface area contributed by atoms with Gasteiger partial charge < -0.3 is 4.74 Å². The lowest BCUT2D eigenvalue weighted by Crippen LogP contribution is -2.49. The van der Waals surface area contributed by atoms with Gasteiger partial charge in [-0.1, -0.05) is 56.1 Å².